The van der Waals surface area contributed by atoms with Gasteiger partial charge in [-0.25, -0.2) is 4.79 Å². The standard InChI is InChI=1S/C19H17F3N2O5S/c1-2-11-28-17(25)24-10-9-18-12-5-3-4-6-13(12)23-16(18)14(24)7-8-15(18)29-30(26,27)19(20,21)22/h2-6,8,14H,1,7,9-11H2/t14?,18-/m0/s1. The molecule has 0 spiro atoms. The molecule has 1 aromatic rings. The third-order valence-electron chi connectivity index (χ3n) is 5.45. The third kappa shape index (κ3) is 2.91. The van der Waals surface area contributed by atoms with Crippen LogP contribution in [0.1, 0.15) is 18.4 Å². The van der Waals surface area contributed by atoms with E-state index >= 15 is 0 Å². The van der Waals surface area contributed by atoms with Crippen LogP contribution in [0.15, 0.2) is 53.7 Å². The number of fused-ring (bicyclic) bond motifs is 1. The zero-order valence-corrected chi connectivity index (χ0v) is 16.4. The van der Waals surface area contributed by atoms with E-state index < -0.39 is 33.2 Å². The molecular formula is C19H17F3N2O5S. The summed E-state index contributed by atoms with van der Waals surface area (Å²) in [5.74, 6) is -0.334. The van der Waals surface area contributed by atoms with Crippen LogP contribution in [0.3, 0.4) is 0 Å². The van der Waals surface area contributed by atoms with Crippen molar-refractivity contribution >= 4 is 27.6 Å². The van der Waals surface area contributed by atoms with Gasteiger partial charge in [0, 0.05) is 6.54 Å². The molecule has 1 unspecified atom stereocenters. The first-order valence-corrected chi connectivity index (χ1v) is 10.5. The van der Waals surface area contributed by atoms with E-state index in [1.807, 2.05) is 0 Å². The zero-order valence-electron chi connectivity index (χ0n) is 15.6. The largest absolute Gasteiger partial charge is 0.534 e. The summed E-state index contributed by atoms with van der Waals surface area (Å²) in [5, 5.41) is 0. The van der Waals surface area contributed by atoms with Crippen LogP contribution < -0.4 is 0 Å². The molecule has 7 nitrogen and oxygen atoms in total. The van der Waals surface area contributed by atoms with Gasteiger partial charge in [-0.1, -0.05) is 30.9 Å². The summed E-state index contributed by atoms with van der Waals surface area (Å²) < 4.78 is 72.2. The van der Waals surface area contributed by atoms with Gasteiger partial charge < -0.3 is 8.92 Å². The number of aliphatic imine (C=N–C) groups is 1. The number of para-hydroxylation sites is 1. The molecule has 1 fully saturated rings. The minimum atomic E-state index is -5.86. The van der Waals surface area contributed by atoms with Crippen molar-refractivity contribution in [2.45, 2.75) is 29.8 Å². The molecule has 1 amide bonds. The molecule has 4 rings (SSSR count). The highest BCUT2D eigenvalue weighted by Crippen LogP contribution is 2.54. The van der Waals surface area contributed by atoms with Crippen LogP contribution in [0.25, 0.3) is 0 Å². The van der Waals surface area contributed by atoms with Gasteiger partial charge in [-0.15, -0.1) is 0 Å². The smallest absolute Gasteiger partial charge is 0.445 e. The minimum Gasteiger partial charge on any atom is -0.445 e. The predicted octanol–water partition coefficient (Wildman–Crippen LogP) is 3.56. The fourth-order valence-electron chi connectivity index (χ4n) is 4.22. The van der Waals surface area contributed by atoms with E-state index in [2.05, 4.69) is 15.8 Å². The summed E-state index contributed by atoms with van der Waals surface area (Å²) in [7, 11) is -5.86. The molecule has 1 aliphatic carbocycles. The molecule has 0 saturated carbocycles. The van der Waals surface area contributed by atoms with E-state index in [0.29, 0.717) is 17.0 Å². The van der Waals surface area contributed by atoms with Gasteiger partial charge in [0.15, 0.2) is 0 Å². The van der Waals surface area contributed by atoms with E-state index in [9.17, 15) is 26.4 Å². The van der Waals surface area contributed by atoms with Gasteiger partial charge >= 0.3 is 21.7 Å². The van der Waals surface area contributed by atoms with Gasteiger partial charge in [-0.2, -0.15) is 21.6 Å². The van der Waals surface area contributed by atoms with Crippen LogP contribution in [0.2, 0.25) is 0 Å². The van der Waals surface area contributed by atoms with E-state index in [-0.39, 0.29) is 31.8 Å². The summed E-state index contributed by atoms with van der Waals surface area (Å²) in [5.41, 5.74) is -5.42. The average Bonchev–Trinajstić information content (AvgIpc) is 3.04. The number of halogens is 3. The topological polar surface area (TPSA) is 85.3 Å². The van der Waals surface area contributed by atoms with Crippen molar-refractivity contribution in [2.24, 2.45) is 4.99 Å². The average molecular weight is 442 g/mol. The summed E-state index contributed by atoms with van der Waals surface area (Å²) >= 11 is 0. The Morgan fingerprint density at radius 3 is 2.80 bits per heavy atom. The Kier molecular flexibility index (Phi) is 4.68. The number of nitrogens with zero attached hydrogens (tertiary/aromatic N) is 2. The van der Waals surface area contributed by atoms with Gasteiger partial charge in [0.2, 0.25) is 0 Å². The predicted molar refractivity (Wildman–Crippen MR) is 101 cm³/mol. The lowest BCUT2D eigenvalue weighted by Gasteiger charge is -2.48. The molecule has 2 aliphatic heterocycles. The molecule has 0 aromatic heterocycles. The highest BCUT2D eigenvalue weighted by Gasteiger charge is 2.60. The lowest BCUT2D eigenvalue weighted by molar-refractivity contribution is -0.0528. The Morgan fingerprint density at radius 1 is 1.37 bits per heavy atom. The number of carbonyl (C=O) groups excluding carboxylic acids is 1. The molecule has 2 atom stereocenters. The zero-order chi connectivity index (χ0) is 21.7. The van der Waals surface area contributed by atoms with E-state index in [1.165, 1.54) is 17.1 Å². The number of hydrogen-bond donors (Lipinski definition) is 0. The Bertz CT molecular complexity index is 1080. The molecule has 1 saturated heterocycles. The van der Waals surface area contributed by atoms with Crippen molar-refractivity contribution in [3.63, 3.8) is 0 Å². The summed E-state index contributed by atoms with van der Waals surface area (Å²) in [6.07, 6.45) is 2.25. The van der Waals surface area contributed by atoms with Gasteiger partial charge in [-0.3, -0.25) is 9.89 Å². The van der Waals surface area contributed by atoms with Crippen molar-refractivity contribution < 1.29 is 35.3 Å². The number of carbonyl (C=O) groups is 1. The molecule has 0 N–H and O–H groups in total. The molecule has 2 bridgehead atoms. The Morgan fingerprint density at radius 2 is 2.10 bits per heavy atom. The van der Waals surface area contributed by atoms with Crippen LogP contribution in [0, 0.1) is 0 Å². The Hall–Kier alpha value is -2.82. The van der Waals surface area contributed by atoms with Crippen LogP contribution >= 0.6 is 0 Å². The molecular weight excluding hydrogens is 425 g/mol. The number of ether oxygens (including phenoxy) is 1. The molecule has 3 aliphatic rings. The molecule has 11 heteroatoms. The second-order valence-electron chi connectivity index (χ2n) is 7.03. The van der Waals surface area contributed by atoms with Crippen LogP contribution in [-0.2, 0) is 24.5 Å². The second-order valence-corrected chi connectivity index (χ2v) is 8.57. The van der Waals surface area contributed by atoms with Crippen molar-refractivity contribution in [3.8, 4) is 0 Å². The summed E-state index contributed by atoms with van der Waals surface area (Å²) in [6.45, 7) is 3.62. The first-order chi connectivity index (χ1) is 14.1. The summed E-state index contributed by atoms with van der Waals surface area (Å²) in [6, 6.07) is 6.17. The highest BCUT2D eigenvalue weighted by molar-refractivity contribution is 7.87. The fraction of sp³-hybridized carbons (Fsp3) is 0.368. The number of likely N-dealkylation sites (tertiary alicyclic amines) is 1. The van der Waals surface area contributed by atoms with Crippen molar-refractivity contribution in [2.75, 3.05) is 13.2 Å². The van der Waals surface area contributed by atoms with Crippen molar-refractivity contribution in [3.05, 3.63) is 54.3 Å². The maximum atomic E-state index is 13.0. The molecule has 0 radical (unpaired) electrons. The minimum absolute atomic E-state index is 0.00786. The Balaban J connectivity index is 1.79. The number of benzene rings is 1. The lowest BCUT2D eigenvalue weighted by atomic mass is 9.65. The van der Waals surface area contributed by atoms with Gasteiger partial charge in [0.1, 0.15) is 12.4 Å². The van der Waals surface area contributed by atoms with E-state index in [0.717, 1.165) is 0 Å². The van der Waals surface area contributed by atoms with Crippen LogP contribution in [0.4, 0.5) is 23.7 Å². The van der Waals surface area contributed by atoms with Crippen molar-refractivity contribution in [1.29, 1.82) is 0 Å². The van der Waals surface area contributed by atoms with Crippen molar-refractivity contribution in [1.82, 2.24) is 4.90 Å². The quantitative estimate of drug-likeness (QED) is 0.404. The molecule has 160 valence electrons. The second kappa shape index (κ2) is 6.86. The number of piperidine rings is 1. The fourth-order valence-corrected chi connectivity index (χ4v) is 4.77. The molecule has 30 heavy (non-hydrogen) atoms. The van der Waals surface area contributed by atoms with E-state index in [4.69, 9.17) is 4.74 Å². The first-order valence-electron chi connectivity index (χ1n) is 9.06. The maximum absolute atomic E-state index is 13.0. The number of allylic oxidation sites excluding steroid dienone is 1. The highest BCUT2D eigenvalue weighted by atomic mass is 32.2. The normalized spacial score (nSPS) is 24.9. The number of alkyl halides is 3. The number of hydrogen-bond acceptors (Lipinski definition) is 6. The SMILES string of the molecule is C=CCOC(=O)N1CC[C@]23C(OS(=O)(=O)C(F)(F)F)=CCC1C2=Nc1ccccc13. The van der Waals surface area contributed by atoms with Crippen LogP contribution in [0.5, 0.6) is 0 Å². The number of rotatable bonds is 4. The maximum Gasteiger partial charge on any atom is 0.534 e. The summed E-state index contributed by atoms with van der Waals surface area (Å²) in [4.78, 5) is 18.5. The Labute approximate surface area is 170 Å². The lowest BCUT2D eigenvalue weighted by Crippen LogP contribution is -2.60. The third-order valence-corrected chi connectivity index (χ3v) is 6.42. The monoisotopic (exact) mass is 442 g/mol. The number of amides is 1. The molecule has 2 heterocycles. The molecule has 1 aromatic carbocycles. The van der Waals surface area contributed by atoms with Gasteiger partial charge in [0.25, 0.3) is 0 Å². The first kappa shape index (κ1) is 20.5. The van der Waals surface area contributed by atoms with E-state index in [1.54, 1.807) is 24.3 Å². The van der Waals surface area contributed by atoms with Gasteiger partial charge in [-0.05, 0) is 30.5 Å². The van der Waals surface area contributed by atoms with Crippen LogP contribution in [-0.4, -0.2) is 49.8 Å². The van der Waals surface area contributed by atoms with Gasteiger partial charge in [0.05, 0.1) is 22.9 Å².